The second-order valence-corrected chi connectivity index (χ2v) is 8.30. The van der Waals surface area contributed by atoms with Crippen LogP contribution in [0.25, 0.3) is 6.08 Å². The Labute approximate surface area is 190 Å². The lowest BCUT2D eigenvalue weighted by Crippen LogP contribution is -2.33. The van der Waals surface area contributed by atoms with Crippen molar-refractivity contribution in [3.8, 4) is 17.2 Å². The highest BCUT2D eigenvalue weighted by Gasteiger charge is 2.32. The highest BCUT2D eigenvalue weighted by atomic mass is 32.2. The predicted molar refractivity (Wildman–Crippen MR) is 124 cm³/mol. The quantitative estimate of drug-likeness (QED) is 0.463. The topological polar surface area (TPSA) is 88.1 Å². The number of phenolic OH excluding ortho intramolecular Hbond substituents is 1. The van der Waals surface area contributed by atoms with Gasteiger partial charge in [0.05, 0.1) is 19.1 Å². The number of carbonyl (C=O) groups excluding carboxylic acids is 2. The van der Waals surface area contributed by atoms with E-state index in [2.05, 4.69) is 5.32 Å². The summed E-state index contributed by atoms with van der Waals surface area (Å²) in [6.07, 6.45) is 1.80. The summed E-state index contributed by atoms with van der Waals surface area (Å²) in [5, 5.41) is 12.9. The number of nitrogens with one attached hydrogen (secondary N) is 1. The van der Waals surface area contributed by atoms with E-state index in [1.807, 2.05) is 30.3 Å². The zero-order chi connectivity index (χ0) is 22.4. The van der Waals surface area contributed by atoms with Crippen molar-refractivity contribution < 1.29 is 24.2 Å². The first-order valence-electron chi connectivity index (χ1n) is 9.44. The van der Waals surface area contributed by atoms with Crippen molar-refractivity contribution in [3.63, 3.8) is 0 Å². The molecule has 2 amide bonds. The summed E-state index contributed by atoms with van der Waals surface area (Å²) in [5.41, 5.74) is 1.62. The zero-order valence-corrected chi connectivity index (χ0v) is 18.7. The van der Waals surface area contributed by atoms with Crippen molar-refractivity contribution in [3.05, 3.63) is 58.5 Å². The van der Waals surface area contributed by atoms with E-state index in [1.165, 1.54) is 19.1 Å². The molecule has 2 aromatic rings. The molecule has 1 aliphatic rings. The molecule has 3 rings (SSSR count). The van der Waals surface area contributed by atoms with Crippen LogP contribution in [-0.2, 0) is 16.1 Å². The van der Waals surface area contributed by atoms with E-state index in [0.717, 1.165) is 17.3 Å². The maximum Gasteiger partial charge on any atom is 0.266 e. The minimum absolute atomic E-state index is 0.115. The summed E-state index contributed by atoms with van der Waals surface area (Å²) in [6, 6.07) is 12.8. The normalized spacial score (nSPS) is 14.8. The molecule has 0 atom stereocenters. The van der Waals surface area contributed by atoms with E-state index in [9.17, 15) is 14.7 Å². The molecule has 0 aliphatic carbocycles. The summed E-state index contributed by atoms with van der Waals surface area (Å²) in [4.78, 5) is 26.8. The van der Waals surface area contributed by atoms with Gasteiger partial charge in [-0.3, -0.25) is 14.5 Å². The van der Waals surface area contributed by atoms with Gasteiger partial charge in [-0.2, -0.15) is 0 Å². The number of nitrogens with zero attached hydrogens (tertiary/aromatic N) is 1. The number of aromatic hydroxyl groups is 1. The first kappa shape index (κ1) is 22.6. The van der Waals surface area contributed by atoms with Crippen LogP contribution in [0.15, 0.2) is 47.4 Å². The van der Waals surface area contributed by atoms with Gasteiger partial charge in [0, 0.05) is 19.5 Å². The molecule has 7 nitrogen and oxygen atoms in total. The van der Waals surface area contributed by atoms with Crippen LogP contribution in [0.5, 0.6) is 17.2 Å². The molecule has 2 N–H and O–H groups in total. The molecular formula is C22H22N2O5S2. The fourth-order valence-electron chi connectivity index (χ4n) is 2.94. The molecule has 162 valence electrons. The van der Waals surface area contributed by atoms with Crippen molar-refractivity contribution in [2.45, 2.75) is 13.0 Å². The third kappa shape index (κ3) is 5.56. The third-order valence-electron chi connectivity index (χ3n) is 4.57. The van der Waals surface area contributed by atoms with Crippen molar-refractivity contribution in [2.75, 3.05) is 20.8 Å². The van der Waals surface area contributed by atoms with Gasteiger partial charge in [0.1, 0.15) is 4.32 Å². The average Bonchev–Trinajstić information content (AvgIpc) is 3.04. The Morgan fingerprint density at radius 2 is 1.84 bits per heavy atom. The number of ether oxygens (including phenoxy) is 2. The molecule has 1 fully saturated rings. The predicted octanol–water partition coefficient (Wildman–Crippen LogP) is 3.32. The van der Waals surface area contributed by atoms with Gasteiger partial charge in [-0.1, -0.05) is 54.3 Å². The van der Waals surface area contributed by atoms with Gasteiger partial charge >= 0.3 is 0 Å². The maximum absolute atomic E-state index is 12.8. The van der Waals surface area contributed by atoms with E-state index < -0.39 is 0 Å². The van der Waals surface area contributed by atoms with Crippen molar-refractivity contribution in [1.82, 2.24) is 10.2 Å². The number of benzene rings is 2. The molecule has 0 saturated carbocycles. The van der Waals surface area contributed by atoms with Crippen molar-refractivity contribution >= 4 is 46.2 Å². The minimum Gasteiger partial charge on any atom is -0.502 e. The second kappa shape index (κ2) is 10.3. The second-order valence-electron chi connectivity index (χ2n) is 6.62. The molecule has 0 aromatic heterocycles. The lowest BCUT2D eigenvalue weighted by atomic mass is 10.1. The molecule has 0 spiro atoms. The fraction of sp³-hybridized carbons (Fsp3) is 0.227. The Hall–Kier alpha value is -3.04. The van der Waals surface area contributed by atoms with Crippen LogP contribution in [0.2, 0.25) is 0 Å². The van der Waals surface area contributed by atoms with Gasteiger partial charge in [-0.15, -0.1) is 0 Å². The smallest absolute Gasteiger partial charge is 0.266 e. The first-order chi connectivity index (χ1) is 14.9. The molecule has 0 radical (unpaired) electrons. The highest BCUT2D eigenvalue weighted by molar-refractivity contribution is 8.26. The Kier molecular flexibility index (Phi) is 7.54. The largest absolute Gasteiger partial charge is 0.502 e. The molecule has 1 heterocycles. The van der Waals surface area contributed by atoms with Gasteiger partial charge in [0.25, 0.3) is 5.91 Å². The maximum atomic E-state index is 12.8. The van der Waals surface area contributed by atoms with Crippen LogP contribution in [0.4, 0.5) is 0 Å². The molecule has 0 unspecified atom stereocenters. The minimum atomic E-state index is -0.267. The van der Waals surface area contributed by atoms with E-state index >= 15 is 0 Å². The summed E-state index contributed by atoms with van der Waals surface area (Å²) in [5.74, 6) is -0.0738. The number of thiocarbonyl (C=S) groups is 1. The Morgan fingerprint density at radius 3 is 2.45 bits per heavy atom. The van der Waals surface area contributed by atoms with Crippen LogP contribution in [0.3, 0.4) is 0 Å². The summed E-state index contributed by atoms with van der Waals surface area (Å²) >= 11 is 6.49. The van der Waals surface area contributed by atoms with E-state index in [0.29, 0.717) is 21.3 Å². The van der Waals surface area contributed by atoms with Crippen LogP contribution < -0.4 is 14.8 Å². The lowest BCUT2D eigenvalue weighted by Gasteiger charge is -2.14. The summed E-state index contributed by atoms with van der Waals surface area (Å²) in [7, 11) is 2.86. The molecule has 9 heteroatoms. The van der Waals surface area contributed by atoms with Gasteiger partial charge in [0.15, 0.2) is 11.5 Å². The Balaban J connectivity index is 1.63. The number of methoxy groups -OCH3 is 2. The van der Waals surface area contributed by atoms with Crippen LogP contribution >= 0.6 is 24.0 Å². The third-order valence-corrected chi connectivity index (χ3v) is 5.95. The summed E-state index contributed by atoms with van der Waals surface area (Å²) in [6.45, 7) is 0.632. The first-order valence-corrected chi connectivity index (χ1v) is 10.7. The lowest BCUT2D eigenvalue weighted by molar-refractivity contribution is -0.123. The van der Waals surface area contributed by atoms with E-state index in [1.54, 1.807) is 18.2 Å². The highest BCUT2D eigenvalue weighted by Crippen LogP contribution is 2.39. The zero-order valence-electron chi connectivity index (χ0n) is 17.1. The van der Waals surface area contributed by atoms with Gasteiger partial charge < -0.3 is 19.9 Å². The van der Waals surface area contributed by atoms with Gasteiger partial charge in [-0.25, -0.2) is 0 Å². The van der Waals surface area contributed by atoms with E-state index in [4.69, 9.17) is 21.7 Å². The number of thioether (sulfide) groups is 1. The number of amides is 2. The number of phenols is 1. The molecule has 31 heavy (non-hydrogen) atoms. The van der Waals surface area contributed by atoms with Crippen LogP contribution in [-0.4, -0.2) is 46.9 Å². The standard InChI is InChI=1S/C22H22N2O5S2/c1-28-16-10-15(11-17(29-2)20(16)26)12-18-21(27)24(22(30)31-18)9-8-19(25)23-13-14-6-4-3-5-7-14/h3-7,10-12,26H,8-9,13H2,1-2H3,(H,23,25)/b18-12-. The number of hydrogen-bond donors (Lipinski definition) is 2. The SMILES string of the molecule is COc1cc(/C=C2\SC(=S)N(CCC(=O)NCc3ccccc3)C2=O)cc(OC)c1O. The van der Waals surface area contributed by atoms with Crippen molar-refractivity contribution in [1.29, 1.82) is 0 Å². The molecule has 2 aromatic carbocycles. The Morgan fingerprint density at radius 1 is 1.19 bits per heavy atom. The van der Waals surface area contributed by atoms with Gasteiger partial charge in [0.2, 0.25) is 11.7 Å². The average molecular weight is 459 g/mol. The molecular weight excluding hydrogens is 436 g/mol. The van der Waals surface area contributed by atoms with Crippen LogP contribution in [0, 0.1) is 0 Å². The number of hydrogen-bond acceptors (Lipinski definition) is 7. The van der Waals surface area contributed by atoms with E-state index in [-0.39, 0.29) is 42.0 Å². The molecule has 1 saturated heterocycles. The van der Waals surface area contributed by atoms with Crippen molar-refractivity contribution in [2.24, 2.45) is 0 Å². The molecule has 1 aliphatic heterocycles. The number of carbonyl (C=O) groups is 2. The monoisotopic (exact) mass is 458 g/mol. The fourth-order valence-corrected chi connectivity index (χ4v) is 4.25. The van der Waals surface area contributed by atoms with Gasteiger partial charge in [-0.05, 0) is 29.3 Å². The Bertz CT molecular complexity index is 999. The van der Waals surface area contributed by atoms with Crippen LogP contribution in [0.1, 0.15) is 17.5 Å². The summed E-state index contributed by atoms with van der Waals surface area (Å²) < 4.78 is 10.7. The molecule has 0 bridgehead atoms. The number of rotatable bonds is 8.